The molecule has 1 aromatic heterocycles. The van der Waals surface area contributed by atoms with Crippen LogP contribution < -0.4 is 0 Å². The fraction of sp³-hybridized carbons (Fsp3) is 0.500. The maximum atomic E-state index is 12.2. The lowest BCUT2D eigenvalue weighted by Crippen LogP contribution is -2.30. The van der Waals surface area contributed by atoms with Crippen LogP contribution in [0, 0.1) is 5.41 Å². The normalized spacial score (nSPS) is 18.8. The molecule has 0 N–H and O–H groups in total. The van der Waals surface area contributed by atoms with E-state index in [0.717, 1.165) is 19.5 Å². The first kappa shape index (κ1) is 11.6. The molecule has 1 amide bonds. The van der Waals surface area contributed by atoms with Crippen LogP contribution in [0.2, 0.25) is 0 Å². The Balaban J connectivity index is 2.18. The molecule has 0 aromatic carbocycles. The van der Waals surface area contributed by atoms with E-state index in [1.807, 2.05) is 11.0 Å². The zero-order valence-electron chi connectivity index (χ0n) is 9.53. The van der Waals surface area contributed by atoms with Gasteiger partial charge in [0.1, 0.15) is 4.60 Å². The summed E-state index contributed by atoms with van der Waals surface area (Å²) in [7, 11) is 0. The van der Waals surface area contributed by atoms with Gasteiger partial charge in [-0.2, -0.15) is 0 Å². The maximum absolute atomic E-state index is 12.2. The van der Waals surface area contributed by atoms with Crippen LogP contribution in [0.3, 0.4) is 0 Å². The molecule has 1 aliphatic rings. The molecule has 86 valence electrons. The molecule has 1 aromatic rings. The summed E-state index contributed by atoms with van der Waals surface area (Å²) in [6.07, 6.45) is 2.74. The van der Waals surface area contributed by atoms with E-state index in [1.165, 1.54) is 0 Å². The third-order valence-electron chi connectivity index (χ3n) is 2.95. The van der Waals surface area contributed by atoms with Crippen molar-refractivity contribution >= 4 is 21.8 Å². The van der Waals surface area contributed by atoms with Crippen LogP contribution in [0.25, 0.3) is 0 Å². The highest BCUT2D eigenvalue weighted by Crippen LogP contribution is 2.30. The smallest absolute Gasteiger partial charge is 0.256 e. The summed E-state index contributed by atoms with van der Waals surface area (Å²) in [6, 6.07) is 3.60. The molecule has 4 heteroatoms. The second kappa shape index (κ2) is 4.17. The zero-order chi connectivity index (χ0) is 11.8. The molecular formula is C12H15BrN2O. The fourth-order valence-electron chi connectivity index (χ4n) is 2.00. The maximum Gasteiger partial charge on any atom is 0.256 e. The van der Waals surface area contributed by atoms with Gasteiger partial charge in [0.25, 0.3) is 5.91 Å². The van der Waals surface area contributed by atoms with Gasteiger partial charge < -0.3 is 4.90 Å². The van der Waals surface area contributed by atoms with Crippen LogP contribution in [0.15, 0.2) is 22.9 Å². The van der Waals surface area contributed by atoms with Gasteiger partial charge in [-0.05, 0) is 39.9 Å². The van der Waals surface area contributed by atoms with Crippen molar-refractivity contribution in [3.63, 3.8) is 0 Å². The number of rotatable bonds is 1. The van der Waals surface area contributed by atoms with Gasteiger partial charge in [-0.3, -0.25) is 4.79 Å². The Bertz CT molecular complexity index is 417. The molecule has 16 heavy (non-hydrogen) atoms. The van der Waals surface area contributed by atoms with Crippen molar-refractivity contribution < 1.29 is 4.79 Å². The fourth-order valence-corrected chi connectivity index (χ4v) is 2.42. The quantitative estimate of drug-likeness (QED) is 0.742. The van der Waals surface area contributed by atoms with Crippen molar-refractivity contribution in [2.75, 3.05) is 13.1 Å². The van der Waals surface area contributed by atoms with Crippen LogP contribution in [0.4, 0.5) is 0 Å². The molecule has 0 aliphatic carbocycles. The van der Waals surface area contributed by atoms with Gasteiger partial charge in [-0.15, -0.1) is 0 Å². The second-order valence-corrected chi connectivity index (χ2v) is 5.73. The summed E-state index contributed by atoms with van der Waals surface area (Å²) in [5.41, 5.74) is 0.893. The Morgan fingerprint density at radius 1 is 1.56 bits per heavy atom. The average molecular weight is 283 g/mol. The standard InChI is InChI=1S/C12H15BrN2O/c1-12(2)5-7-15(8-12)11(16)9-4-3-6-14-10(9)13/h3-4,6H,5,7-8H2,1-2H3. The SMILES string of the molecule is CC1(C)CCN(C(=O)c2cccnc2Br)C1. The van der Waals surface area contributed by atoms with E-state index >= 15 is 0 Å². The van der Waals surface area contributed by atoms with Gasteiger partial charge >= 0.3 is 0 Å². The minimum absolute atomic E-state index is 0.0746. The lowest BCUT2D eigenvalue weighted by molar-refractivity contribution is 0.0777. The van der Waals surface area contributed by atoms with Crippen LogP contribution in [0.1, 0.15) is 30.6 Å². The number of aromatic nitrogens is 1. The summed E-state index contributed by atoms with van der Waals surface area (Å²) in [6.45, 7) is 6.05. The van der Waals surface area contributed by atoms with E-state index in [1.54, 1.807) is 12.3 Å². The van der Waals surface area contributed by atoms with E-state index in [4.69, 9.17) is 0 Å². The molecule has 0 bridgehead atoms. The van der Waals surface area contributed by atoms with Crippen LogP contribution >= 0.6 is 15.9 Å². The number of nitrogens with zero attached hydrogens (tertiary/aromatic N) is 2. The zero-order valence-corrected chi connectivity index (χ0v) is 11.1. The van der Waals surface area contributed by atoms with Gasteiger partial charge in [-0.1, -0.05) is 13.8 Å². The molecule has 1 fully saturated rings. The minimum atomic E-state index is 0.0746. The predicted molar refractivity (Wildman–Crippen MR) is 66.2 cm³/mol. The summed E-state index contributed by atoms with van der Waals surface area (Å²) in [5, 5.41) is 0. The minimum Gasteiger partial charge on any atom is -0.338 e. The van der Waals surface area contributed by atoms with Crippen LogP contribution in [-0.4, -0.2) is 28.9 Å². The molecule has 0 atom stereocenters. The first-order chi connectivity index (χ1) is 7.49. The highest BCUT2D eigenvalue weighted by Gasteiger charge is 2.32. The molecule has 0 unspecified atom stereocenters. The van der Waals surface area contributed by atoms with Gasteiger partial charge in [-0.25, -0.2) is 4.98 Å². The number of halogens is 1. The van der Waals surface area contributed by atoms with E-state index < -0.39 is 0 Å². The summed E-state index contributed by atoms with van der Waals surface area (Å²) < 4.78 is 0.629. The monoisotopic (exact) mass is 282 g/mol. The van der Waals surface area contributed by atoms with Gasteiger partial charge in [0.05, 0.1) is 5.56 Å². The number of likely N-dealkylation sites (tertiary alicyclic amines) is 1. The van der Waals surface area contributed by atoms with Crippen molar-refractivity contribution in [2.45, 2.75) is 20.3 Å². The van der Waals surface area contributed by atoms with Gasteiger partial charge in [0, 0.05) is 19.3 Å². The highest BCUT2D eigenvalue weighted by atomic mass is 79.9. The molecule has 2 rings (SSSR count). The van der Waals surface area contributed by atoms with Crippen molar-refractivity contribution in [3.8, 4) is 0 Å². The van der Waals surface area contributed by atoms with E-state index in [2.05, 4.69) is 34.8 Å². The van der Waals surface area contributed by atoms with E-state index in [-0.39, 0.29) is 11.3 Å². The van der Waals surface area contributed by atoms with E-state index in [0.29, 0.717) is 10.2 Å². The van der Waals surface area contributed by atoms with Crippen LogP contribution in [-0.2, 0) is 0 Å². The Morgan fingerprint density at radius 3 is 2.88 bits per heavy atom. The number of hydrogen-bond donors (Lipinski definition) is 0. The molecule has 1 aliphatic heterocycles. The van der Waals surface area contributed by atoms with Crippen molar-refractivity contribution in [3.05, 3.63) is 28.5 Å². The Labute approximate surface area is 104 Å². The molecular weight excluding hydrogens is 268 g/mol. The van der Waals surface area contributed by atoms with Crippen LogP contribution in [0.5, 0.6) is 0 Å². The summed E-state index contributed by atoms with van der Waals surface area (Å²) in [5.74, 6) is 0.0746. The first-order valence-electron chi connectivity index (χ1n) is 5.39. The lowest BCUT2D eigenvalue weighted by Gasteiger charge is -2.20. The number of carbonyl (C=O) groups excluding carboxylic acids is 1. The molecule has 0 radical (unpaired) electrons. The van der Waals surface area contributed by atoms with Crippen molar-refractivity contribution in [2.24, 2.45) is 5.41 Å². The third-order valence-corrected chi connectivity index (χ3v) is 3.59. The van der Waals surface area contributed by atoms with Gasteiger partial charge in [0.15, 0.2) is 0 Å². The molecule has 2 heterocycles. The Morgan fingerprint density at radius 2 is 2.31 bits per heavy atom. The van der Waals surface area contributed by atoms with E-state index in [9.17, 15) is 4.79 Å². The largest absolute Gasteiger partial charge is 0.338 e. The molecule has 0 saturated carbocycles. The first-order valence-corrected chi connectivity index (χ1v) is 6.19. The summed E-state index contributed by atoms with van der Waals surface area (Å²) in [4.78, 5) is 18.2. The van der Waals surface area contributed by atoms with Gasteiger partial charge in [0.2, 0.25) is 0 Å². The Hall–Kier alpha value is -0.900. The average Bonchev–Trinajstić information content (AvgIpc) is 2.59. The molecule has 0 spiro atoms. The second-order valence-electron chi connectivity index (χ2n) is 4.98. The number of pyridine rings is 1. The van der Waals surface area contributed by atoms with Crippen molar-refractivity contribution in [1.29, 1.82) is 0 Å². The highest BCUT2D eigenvalue weighted by molar-refractivity contribution is 9.10. The topological polar surface area (TPSA) is 33.2 Å². The molecule has 3 nitrogen and oxygen atoms in total. The van der Waals surface area contributed by atoms with Crippen molar-refractivity contribution in [1.82, 2.24) is 9.88 Å². The predicted octanol–water partition coefficient (Wildman–Crippen LogP) is 2.72. The lowest BCUT2D eigenvalue weighted by atomic mass is 9.93. The Kier molecular flexibility index (Phi) is 3.02. The third kappa shape index (κ3) is 2.26. The number of carbonyl (C=O) groups is 1. The summed E-state index contributed by atoms with van der Waals surface area (Å²) >= 11 is 3.31. The molecule has 1 saturated heterocycles. The number of hydrogen-bond acceptors (Lipinski definition) is 2. The number of amides is 1.